The van der Waals surface area contributed by atoms with Crippen molar-refractivity contribution in [3.05, 3.63) is 23.8 Å². The molecule has 1 aromatic carbocycles. The molecule has 2 fully saturated rings. The standard InChI is InChI=1S/C21H25F5O3/c1-12-2-4-13(5-3-12)14-6-8-15(9-7-14)20(27)28-16-10-17(22)19(18(23)11-16)29-21(24,25)26/h10-15H,2-9H2,1H3. The van der Waals surface area contributed by atoms with Gasteiger partial charge in [0.05, 0.1) is 5.92 Å². The molecule has 0 bridgehead atoms. The van der Waals surface area contributed by atoms with Crippen molar-refractivity contribution in [1.29, 1.82) is 0 Å². The van der Waals surface area contributed by atoms with Gasteiger partial charge in [0.15, 0.2) is 11.6 Å². The van der Waals surface area contributed by atoms with Crippen molar-refractivity contribution in [2.45, 2.75) is 64.7 Å². The highest BCUT2D eigenvalue weighted by atomic mass is 19.4. The Morgan fingerprint density at radius 2 is 1.38 bits per heavy atom. The zero-order chi connectivity index (χ0) is 21.2. The number of halogens is 5. The molecule has 0 unspecified atom stereocenters. The lowest BCUT2D eigenvalue weighted by Crippen LogP contribution is -2.30. The maximum atomic E-state index is 13.8. The number of carbonyl (C=O) groups is 1. The van der Waals surface area contributed by atoms with E-state index in [2.05, 4.69) is 11.7 Å². The van der Waals surface area contributed by atoms with Gasteiger partial charge >= 0.3 is 12.3 Å². The van der Waals surface area contributed by atoms with E-state index >= 15 is 0 Å². The molecule has 0 aliphatic heterocycles. The summed E-state index contributed by atoms with van der Waals surface area (Å²) in [6.45, 7) is 2.27. The Hall–Kier alpha value is -1.86. The fourth-order valence-electron chi connectivity index (χ4n) is 4.59. The number of carbonyl (C=O) groups excluding carboxylic acids is 1. The van der Waals surface area contributed by atoms with Crippen LogP contribution in [0.2, 0.25) is 0 Å². The quantitative estimate of drug-likeness (QED) is 0.321. The number of esters is 1. The van der Waals surface area contributed by atoms with Crippen LogP contribution in [0.15, 0.2) is 12.1 Å². The SMILES string of the molecule is CC1CCC(C2CCC(C(=O)Oc3cc(F)c(OC(F)(F)F)c(F)c3)CC2)CC1. The van der Waals surface area contributed by atoms with Crippen molar-refractivity contribution in [2.75, 3.05) is 0 Å². The predicted octanol–water partition coefficient (Wildman–Crippen LogP) is 6.40. The number of benzene rings is 1. The molecule has 1 aromatic rings. The van der Waals surface area contributed by atoms with Crippen molar-refractivity contribution in [2.24, 2.45) is 23.7 Å². The van der Waals surface area contributed by atoms with Gasteiger partial charge in [0, 0.05) is 12.1 Å². The number of hydrogen-bond donors (Lipinski definition) is 0. The first-order valence-electron chi connectivity index (χ1n) is 10.1. The maximum absolute atomic E-state index is 13.8. The Balaban J connectivity index is 1.54. The highest BCUT2D eigenvalue weighted by Crippen LogP contribution is 2.41. The van der Waals surface area contributed by atoms with Crippen LogP contribution in [0.5, 0.6) is 11.5 Å². The summed E-state index contributed by atoms with van der Waals surface area (Å²) in [6.07, 6.45) is 2.85. The fourth-order valence-corrected chi connectivity index (χ4v) is 4.59. The second-order valence-electron chi connectivity index (χ2n) is 8.32. The molecule has 0 atom stereocenters. The molecule has 2 saturated carbocycles. The van der Waals surface area contributed by atoms with E-state index in [9.17, 15) is 26.7 Å². The van der Waals surface area contributed by atoms with Gasteiger partial charge in [-0.05, 0) is 56.3 Å². The zero-order valence-corrected chi connectivity index (χ0v) is 16.2. The van der Waals surface area contributed by atoms with Crippen LogP contribution in [-0.4, -0.2) is 12.3 Å². The minimum absolute atomic E-state index is 0.369. The largest absolute Gasteiger partial charge is 0.573 e. The Morgan fingerprint density at radius 3 is 1.86 bits per heavy atom. The first-order chi connectivity index (χ1) is 13.6. The van der Waals surface area contributed by atoms with Crippen molar-refractivity contribution in [3.8, 4) is 11.5 Å². The summed E-state index contributed by atoms with van der Waals surface area (Å²) in [7, 11) is 0. The summed E-state index contributed by atoms with van der Waals surface area (Å²) in [5, 5.41) is 0. The fraction of sp³-hybridized carbons (Fsp3) is 0.667. The second kappa shape index (κ2) is 8.88. The monoisotopic (exact) mass is 420 g/mol. The lowest BCUT2D eigenvalue weighted by Gasteiger charge is -2.36. The number of alkyl halides is 3. The van der Waals surface area contributed by atoms with Crippen LogP contribution in [0.3, 0.4) is 0 Å². The molecule has 0 N–H and O–H groups in total. The van der Waals surface area contributed by atoms with Crippen molar-refractivity contribution >= 4 is 5.97 Å². The van der Waals surface area contributed by atoms with E-state index < -0.39 is 35.5 Å². The molecule has 0 aromatic heterocycles. The summed E-state index contributed by atoms with van der Waals surface area (Å²) >= 11 is 0. The second-order valence-corrected chi connectivity index (χ2v) is 8.32. The molecular formula is C21H25F5O3. The van der Waals surface area contributed by atoms with Crippen molar-refractivity contribution in [1.82, 2.24) is 0 Å². The minimum Gasteiger partial charge on any atom is -0.426 e. The Bertz CT molecular complexity index is 695. The molecule has 162 valence electrons. The summed E-state index contributed by atoms with van der Waals surface area (Å²) in [5.74, 6) is -4.10. The Morgan fingerprint density at radius 1 is 0.897 bits per heavy atom. The first kappa shape index (κ1) is 21.8. The third-order valence-electron chi connectivity index (χ3n) is 6.24. The number of hydrogen-bond acceptors (Lipinski definition) is 3. The third kappa shape index (κ3) is 5.82. The first-order valence-corrected chi connectivity index (χ1v) is 10.1. The van der Waals surface area contributed by atoms with Gasteiger partial charge in [-0.1, -0.05) is 19.8 Å². The van der Waals surface area contributed by atoms with Gasteiger partial charge in [0.25, 0.3) is 0 Å². The average molecular weight is 420 g/mol. The highest BCUT2D eigenvalue weighted by molar-refractivity contribution is 5.75. The highest BCUT2D eigenvalue weighted by Gasteiger charge is 2.35. The van der Waals surface area contributed by atoms with E-state index in [1.54, 1.807) is 0 Å². The molecule has 29 heavy (non-hydrogen) atoms. The smallest absolute Gasteiger partial charge is 0.426 e. The topological polar surface area (TPSA) is 35.5 Å². The van der Waals surface area contributed by atoms with Crippen LogP contribution < -0.4 is 9.47 Å². The van der Waals surface area contributed by atoms with E-state index in [0.717, 1.165) is 18.8 Å². The molecule has 0 amide bonds. The summed E-state index contributed by atoms with van der Waals surface area (Å²) in [5.41, 5.74) is 0. The average Bonchev–Trinajstić information content (AvgIpc) is 2.65. The minimum atomic E-state index is -5.23. The predicted molar refractivity (Wildman–Crippen MR) is 95.2 cm³/mol. The van der Waals surface area contributed by atoms with E-state index in [-0.39, 0.29) is 5.92 Å². The van der Waals surface area contributed by atoms with Crippen molar-refractivity contribution < 1.29 is 36.2 Å². The summed E-state index contributed by atoms with van der Waals surface area (Å²) in [4.78, 5) is 12.4. The molecule has 2 aliphatic rings. The number of ether oxygens (including phenoxy) is 2. The number of rotatable bonds is 4. The molecule has 3 rings (SSSR count). The van der Waals surface area contributed by atoms with Crippen LogP contribution in [0, 0.1) is 35.3 Å². The molecule has 0 heterocycles. The van der Waals surface area contributed by atoms with Gasteiger partial charge in [-0.15, -0.1) is 13.2 Å². The van der Waals surface area contributed by atoms with E-state index in [4.69, 9.17) is 4.74 Å². The van der Waals surface area contributed by atoms with Gasteiger partial charge in [0.2, 0.25) is 5.75 Å². The van der Waals surface area contributed by atoms with E-state index in [1.165, 1.54) is 25.7 Å². The van der Waals surface area contributed by atoms with Gasteiger partial charge in [-0.25, -0.2) is 8.78 Å². The van der Waals surface area contributed by atoms with Gasteiger partial charge in [-0.2, -0.15) is 0 Å². The van der Waals surface area contributed by atoms with Gasteiger partial charge < -0.3 is 9.47 Å². The van der Waals surface area contributed by atoms with Crippen LogP contribution in [0.4, 0.5) is 22.0 Å². The molecule has 3 nitrogen and oxygen atoms in total. The summed E-state index contributed by atoms with van der Waals surface area (Å²) < 4.78 is 72.5. The maximum Gasteiger partial charge on any atom is 0.573 e. The van der Waals surface area contributed by atoms with E-state index in [1.807, 2.05) is 0 Å². The normalized spacial score (nSPS) is 28.1. The summed E-state index contributed by atoms with van der Waals surface area (Å²) in [6, 6.07) is 1.05. The van der Waals surface area contributed by atoms with Crippen LogP contribution in [-0.2, 0) is 4.79 Å². The zero-order valence-electron chi connectivity index (χ0n) is 16.2. The Kier molecular flexibility index (Phi) is 6.69. The van der Waals surface area contributed by atoms with E-state index in [0.29, 0.717) is 36.8 Å². The molecule has 0 spiro atoms. The van der Waals surface area contributed by atoms with Gasteiger partial charge in [0.1, 0.15) is 5.75 Å². The molecule has 8 heteroatoms. The van der Waals surface area contributed by atoms with Crippen LogP contribution in [0.1, 0.15) is 58.3 Å². The molecule has 0 saturated heterocycles. The lowest BCUT2D eigenvalue weighted by atomic mass is 9.69. The lowest BCUT2D eigenvalue weighted by molar-refractivity contribution is -0.276. The van der Waals surface area contributed by atoms with Gasteiger partial charge in [-0.3, -0.25) is 4.79 Å². The van der Waals surface area contributed by atoms with Crippen LogP contribution in [0.25, 0.3) is 0 Å². The van der Waals surface area contributed by atoms with Crippen molar-refractivity contribution in [3.63, 3.8) is 0 Å². The molecule has 2 aliphatic carbocycles. The molecular weight excluding hydrogens is 395 g/mol. The molecule has 0 radical (unpaired) electrons. The van der Waals surface area contributed by atoms with Crippen LogP contribution >= 0.6 is 0 Å². The Labute approximate surface area is 166 Å². The third-order valence-corrected chi connectivity index (χ3v) is 6.24.